The van der Waals surface area contributed by atoms with E-state index in [2.05, 4.69) is 0 Å². The maximum atomic E-state index is 12.5. The molecule has 1 aromatic carbocycles. The van der Waals surface area contributed by atoms with Crippen LogP contribution in [0.2, 0.25) is 0 Å². The highest BCUT2D eigenvalue weighted by Crippen LogP contribution is 2.20. The normalized spacial score (nSPS) is 9.86. The molecule has 0 bridgehead atoms. The zero-order chi connectivity index (χ0) is 10.6. The number of hydrogen-bond donors (Lipinski definition) is 1. The average Bonchev–Trinajstić information content (AvgIpc) is 2.16. The van der Waals surface area contributed by atoms with Crippen molar-refractivity contribution in [2.24, 2.45) is 0 Å². The van der Waals surface area contributed by atoms with E-state index >= 15 is 0 Å². The molecule has 0 atom stereocenters. The molecule has 0 aromatic heterocycles. The van der Waals surface area contributed by atoms with Gasteiger partial charge in [0, 0.05) is 5.56 Å². The third-order valence-corrected chi connectivity index (χ3v) is 1.84. The Labute approximate surface area is 81.1 Å². The molecule has 76 valence electrons. The fraction of sp³-hybridized carbons (Fsp3) is 0.300. The highest BCUT2D eigenvalue weighted by molar-refractivity contribution is 5.70. The van der Waals surface area contributed by atoms with Gasteiger partial charge in [0.05, 0.1) is 13.5 Å². The van der Waals surface area contributed by atoms with Gasteiger partial charge in [-0.2, -0.15) is 0 Å². The van der Waals surface area contributed by atoms with Gasteiger partial charge in [0.25, 0.3) is 0 Å². The summed E-state index contributed by atoms with van der Waals surface area (Å²) in [7, 11) is 1.45. The number of methoxy groups -OCH3 is 1. The fourth-order valence-electron chi connectivity index (χ4n) is 1.22. The molecule has 0 aliphatic carbocycles. The van der Waals surface area contributed by atoms with Crippen molar-refractivity contribution >= 4 is 5.97 Å². The lowest BCUT2D eigenvalue weighted by atomic mass is 10.1. The van der Waals surface area contributed by atoms with Gasteiger partial charge in [-0.25, -0.2) is 4.39 Å². The Morgan fingerprint density at radius 1 is 1.57 bits per heavy atom. The Kier molecular flexibility index (Phi) is 3.45. The minimum atomic E-state index is -0.931. The number of rotatable bonds is 4. The van der Waals surface area contributed by atoms with Gasteiger partial charge in [-0.1, -0.05) is 6.07 Å². The number of carboxylic acid groups (broad SMARTS) is 1. The Bertz CT molecular complexity index is 336. The smallest absolute Gasteiger partial charge is 0.307 e. The second kappa shape index (κ2) is 4.60. The number of carbonyl (C=O) groups is 1. The minimum absolute atomic E-state index is 0.100. The van der Waals surface area contributed by atoms with Gasteiger partial charge in [-0.05, 0) is 17.7 Å². The molecule has 0 fully saturated rings. The maximum absolute atomic E-state index is 12.5. The van der Waals surface area contributed by atoms with Gasteiger partial charge in [0.2, 0.25) is 0 Å². The van der Waals surface area contributed by atoms with Crippen LogP contribution in [-0.2, 0) is 17.9 Å². The summed E-state index contributed by atoms with van der Waals surface area (Å²) in [6.45, 7) is -0.656. The molecule has 1 aromatic rings. The van der Waals surface area contributed by atoms with Crippen LogP contribution in [0.15, 0.2) is 18.2 Å². The molecular weight excluding hydrogens is 187 g/mol. The Morgan fingerprint density at radius 2 is 2.29 bits per heavy atom. The number of hydrogen-bond acceptors (Lipinski definition) is 2. The average molecular weight is 198 g/mol. The molecule has 1 N–H and O–H groups in total. The molecule has 0 spiro atoms. The molecule has 1 rings (SSSR count). The fourth-order valence-corrected chi connectivity index (χ4v) is 1.22. The van der Waals surface area contributed by atoms with Crippen molar-refractivity contribution in [1.82, 2.24) is 0 Å². The van der Waals surface area contributed by atoms with Crippen LogP contribution in [0, 0.1) is 0 Å². The zero-order valence-corrected chi connectivity index (χ0v) is 7.79. The Balaban J connectivity index is 2.95. The summed E-state index contributed by atoms with van der Waals surface area (Å²) in [5.41, 5.74) is 0.956. The summed E-state index contributed by atoms with van der Waals surface area (Å²) in [6, 6.07) is 4.70. The number of carboxylic acids is 1. The van der Waals surface area contributed by atoms with Gasteiger partial charge in [-0.3, -0.25) is 4.79 Å². The molecule has 14 heavy (non-hydrogen) atoms. The highest BCUT2D eigenvalue weighted by atomic mass is 19.1. The summed E-state index contributed by atoms with van der Waals surface area (Å²) < 4.78 is 17.4. The van der Waals surface area contributed by atoms with E-state index in [-0.39, 0.29) is 6.42 Å². The van der Waals surface area contributed by atoms with E-state index in [9.17, 15) is 9.18 Å². The lowest BCUT2D eigenvalue weighted by Gasteiger charge is -2.06. The van der Waals surface area contributed by atoms with Gasteiger partial charge in [0.15, 0.2) is 0 Å². The van der Waals surface area contributed by atoms with Crippen molar-refractivity contribution in [3.63, 3.8) is 0 Å². The monoisotopic (exact) mass is 198 g/mol. The van der Waals surface area contributed by atoms with Gasteiger partial charge >= 0.3 is 5.97 Å². The van der Waals surface area contributed by atoms with Crippen molar-refractivity contribution in [3.05, 3.63) is 29.3 Å². The standard InChI is InChI=1S/C10H11FO3/c1-14-9-3-2-7(5-10(12)13)4-8(9)6-11/h2-4H,5-6H2,1H3,(H,12,13). The molecule has 0 amide bonds. The molecule has 0 radical (unpaired) electrons. The van der Waals surface area contributed by atoms with E-state index in [1.54, 1.807) is 12.1 Å². The minimum Gasteiger partial charge on any atom is -0.496 e. The first kappa shape index (κ1) is 10.5. The van der Waals surface area contributed by atoms with Gasteiger partial charge < -0.3 is 9.84 Å². The van der Waals surface area contributed by atoms with Crippen molar-refractivity contribution in [3.8, 4) is 5.75 Å². The number of alkyl halides is 1. The quantitative estimate of drug-likeness (QED) is 0.802. The number of aliphatic carboxylic acids is 1. The summed E-state index contributed by atoms with van der Waals surface area (Å²) in [5, 5.41) is 8.53. The van der Waals surface area contributed by atoms with Crippen LogP contribution >= 0.6 is 0 Å². The van der Waals surface area contributed by atoms with Gasteiger partial charge in [-0.15, -0.1) is 0 Å². The number of halogens is 1. The molecule has 0 unspecified atom stereocenters. The molecule has 0 aliphatic heterocycles. The molecule has 0 saturated heterocycles. The molecule has 4 heteroatoms. The van der Waals surface area contributed by atoms with Crippen molar-refractivity contribution in [1.29, 1.82) is 0 Å². The van der Waals surface area contributed by atoms with Crippen LogP contribution in [0.4, 0.5) is 4.39 Å². The Morgan fingerprint density at radius 3 is 2.79 bits per heavy atom. The third kappa shape index (κ3) is 2.45. The van der Waals surface area contributed by atoms with E-state index in [0.29, 0.717) is 16.9 Å². The summed E-state index contributed by atoms with van der Waals surface area (Å²) in [5.74, 6) is -0.485. The second-order valence-electron chi connectivity index (χ2n) is 2.85. The SMILES string of the molecule is COc1ccc(CC(=O)O)cc1CF. The largest absolute Gasteiger partial charge is 0.496 e. The number of ether oxygens (including phenoxy) is 1. The topological polar surface area (TPSA) is 46.5 Å². The van der Waals surface area contributed by atoms with E-state index in [0.717, 1.165) is 0 Å². The van der Waals surface area contributed by atoms with Crippen LogP contribution < -0.4 is 4.74 Å². The lowest BCUT2D eigenvalue weighted by molar-refractivity contribution is -0.136. The van der Waals surface area contributed by atoms with Crippen LogP contribution in [0.1, 0.15) is 11.1 Å². The highest BCUT2D eigenvalue weighted by Gasteiger charge is 2.06. The number of benzene rings is 1. The van der Waals surface area contributed by atoms with Crippen molar-refractivity contribution in [2.45, 2.75) is 13.1 Å². The van der Waals surface area contributed by atoms with Crippen molar-refractivity contribution < 1.29 is 19.0 Å². The van der Waals surface area contributed by atoms with E-state index in [4.69, 9.17) is 9.84 Å². The van der Waals surface area contributed by atoms with Crippen LogP contribution in [0.25, 0.3) is 0 Å². The van der Waals surface area contributed by atoms with Gasteiger partial charge in [0.1, 0.15) is 12.4 Å². The van der Waals surface area contributed by atoms with E-state index < -0.39 is 12.6 Å². The summed E-state index contributed by atoms with van der Waals surface area (Å²) in [6.07, 6.45) is -0.100. The van der Waals surface area contributed by atoms with E-state index in [1.807, 2.05) is 0 Å². The third-order valence-electron chi connectivity index (χ3n) is 1.84. The predicted molar refractivity (Wildman–Crippen MR) is 49.1 cm³/mol. The predicted octanol–water partition coefficient (Wildman–Crippen LogP) is 1.79. The van der Waals surface area contributed by atoms with Crippen LogP contribution in [-0.4, -0.2) is 18.2 Å². The molecule has 3 nitrogen and oxygen atoms in total. The van der Waals surface area contributed by atoms with Crippen LogP contribution in [0.5, 0.6) is 5.75 Å². The van der Waals surface area contributed by atoms with Crippen molar-refractivity contribution in [2.75, 3.05) is 7.11 Å². The molecule has 0 saturated carbocycles. The molecule has 0 aliphatic rings. The first-order chi connectivity index (χ1) is 6.67. The first-order valence-corrected chi connectivity index (χ1v) is 4.11. The maximum Gasteiger partial charge on any atom is 0.307 e. The van der Waals surface area contributed by atoms with Crippen LogP contribution in [0.3, 0.4) is 0 Å². The first-order valence-electron chi connectivity index (χ1n) is 4.11. The second-order valence-corrected chi connectivity index (χ2v) is 2.85. The molecule has 0 heterocycles. The molecular formula is C10H11FO3. The zero-order valence-electron chi connectivity index (χ0n) is 7.79. The van der Waals surface area contributed by atoms with E-state index in [1.165, 1.54) is 13.2 Å². The summed E-state index contributed by atoms with van der Waals surface area (Å²) >= 11 is 0. The lowest BCUT2D eigenvalue weighted by Crippen LogP contribution is -2.01. The Hall–Kier alpha value is -1.58. The summed E-state index contributed by atoms with van der Waals surface area (Å²) in [4.78, 5) is 10.4.